The van der Waals surface area contributed by atoms with Crippen LogP contribution < -0.4 is 0 Å². The molecule has 0 spiro atoms. The van der Waals surface area contributed by atoms with E-state index in [4.69, 9.17) is 16.3 Å². The van der Waals surface area contributed by atoms with Crippen molar-refractivity contribution in [3.63, 3.8) is 0 Å². The van der Waals surface area contributed by atoms with Crippen LogP contribution in [-0.2, 0) is 16.1 Å². The largest absolute Gasteiger partial charge is 0.444 e. The molecule has 0 aromatic heterocycles. The van der Waals surface area contributed by atoms with Crippen molar-refractivity contribution in [3.8, 4) is 0 Å². The highest BCUT2D eigenvalue weighted by atomic mass is 35.5. The molecule has 1 rings (SSSR count). The smallest absolute Gasteiger partial charge is 0.410 e. The number of alkyl halides is 1. The van der Waals surface area contributed by atoms with Gasteiger partial charge in [0.2, 0.25) is 0 Å². The van der Waals surface area contributed by atoms with Crippen LogP contribution in [0.5, 0.6) is 0 Å². The van der Waals surface area contributed by atoms with Crippen molar-refractivity contribution in [1.29, 1.82) is 0 Å². The van der Waals surface area contributed by atoms with E-state index in [2.05, 4.69) is 0 Å². The van der Waals surface area contributed by atoms with Crippen LogP contribution in [0.2, 0.25) is 0 Å². The van der Waals surface area contributed by atoms with Crippen LogP contribution in [-0.4, -0.2) is 34.8 Å². The molecule has 0 saturated heterocycles. The number of amides is 1. The molecule has 1 aromatic rings. The van der Waals surface area contributed by atoms with Crippen LogP contribution in [0.15, 0.2) is 30.3 Å². The lowest BCUT2D eigenvalue weighted by Crippen LogP contribution is -2.39. The number of ketones is 1. The molecular formula is C15H20ClNO3. The Labute approximate surface area is 124 Å². The number of hydrogen-bond donors (Lipinski definition) is 0. The van der Waals surface area contributed by atoms with Crippen LogP contribution >= 0.6 is 11.6 Å². The quantitative estimate of drug-likeness (QED) is 0.784. The molecule has 0 saturated carbocycles. The van der Waals surface area contributed by atoms with Crippen LogP contribution in [0.4, 0.5) is 4.79 Å². The number of ether oxygens (including phenoxy) is 1. The number of rotatable bonds is 5. The van der Waals surface area contributed by atoms with Crippen molar-refractivity contribution in [2.75, 3.05) is 12.4 Å². The lowest BCUT2D eigenvalue weighted by atomic mass is 10.2. The monoisotopic (exact) mass is 297 g/mol. The molecule has 1 amide bonds. The summed E-state index contributed by atoms with van der Waals surface area (Å²) < 4.78 is 5.31. The molecule has 4 nitrogen and oxygen atoms in total. The minimum atomic E-state index is -0.601. The highest BCUT2D eigenvalue weighted by Crippen LogP contribution is 2.12. The highest BCUT2D eigenvalue weighted by Gasteiger charge is 2.23. The second-order valence-corrected chi connectivity index (χ2v) is 5.76. The molecule has 0 fully saturated rings. The first-order valence-electron chi connectivity index (χ1n) is 6.41. The molecule has 0 radical (unpaired) electrons. The molecule has 20 heavy (non-hydrogen) atoms. The predicted octanol–water partition coefficient (Wildman–Crippen LogP) is 3.23. The van der Waals surface area contributed by atoms with E-state index < -0.39 is 11.7 Å². The van der Waals surface area contributed by atoms with E-state index in [1.54, 1.807) is 20.8 Å². The van der Waals surface area contributed by atoms with E-state index in [1.165, 1.54) is 4.90 Å². The zero-order valence-corrected chi connectivity index (χ0v) is 12.8. The van der Waals surface area contributed by atoms with Crippen molar-refractivity contribution < 1.29 is 14.3 Å². The second-order valence-electron chi connectivity index (χ2n) is 5.49. The average Bonchev–Trinajstić information content (AvgIpc) is 2.37. The summed E-state index contributed by atoms with van der Waals surface area (Å²) >= 11 is 5.51. The number of benzene rings is 1. The van der Waals surface area contributed by atoms with Crippen molar-refractivity contribution in [3.05, 3.63) is 35.9 Å². The molecule has 0 atom stereocenters. The number of Topliss-reactive ketones (excluding diaryl/α,β-unsaturated/α-hetero) is 1. The Bertz CT molecular complexity index is 454. The Balaban J connectivity index is 2.79. The molecule has 0 aliphatic heterocycles. The SMILES string of the molecule is CC(C)(C)OC(=O)N(CC(=O)CCl)Cc1ccccc1. The van der Waals surface area contributed by atoms with Gasteiger partial charge in [-0.15, -0.1) is 11.6 Å². The number of carbonyl (C=O) groups excluding carboxylic acids is 2. The molecule has 5 heteroatoms. The summed E-state index contributed by atoms with van der Waals surface area (Å²) in [5.74, 6) is -0.331. The van der Waals surface area contributed by atoms with Crippen LogP contribution in [0.3, 0.4) is 0 Å². The highest BCUT2D eigenvalue weighted by molar-refractivity contribution is 6.28. The molecule has 0 bridgehead atoms. The van der Waals surface area contributed by atoms with Crippen molar-refractivity contribution in [2.24, 2.45) is 0 Å². The third-order valence-corrected chi connectivity index (χ3v) is 2.68. The standard InChI is InChI=1S/C15H20ClNO3/c1-15(2,3)20-14(19)17(11-13(18)9-16)10-12-7-5-4-6-8-12/h4-8H,9-11H2,1-3H3. The summed E-state index contributed by atoms with van der Waals surface area (Å²) in [5, 5.41) is 0. The lowest BCUT2D eigenvalue weighted by molar-refractivity contribution is -0.118. The molecule has 0 aliphatic rings. The van der Waals surface area contributed by atoms with Crippen molar-refractivity contribution >= 4 is 23.5 Å². The number of hydrogen-bond acceptors (Lipinski definition) is 3. The minimum Gasteiger partial charge on any atom is -0.444 e. The van der Waals surface area contributed by atoms with E-state index in [9.17, 15) is 9.59 Å². The molecule has 0 N–H and O–H groups in total. The summed E-state index contributed by atoms with van der Waals surface area (Å²) in [7, 11) is 0. The predicted molar refractivity (Wildman–Crippen MR) is 78.8 cm³/mol. The second kappa shape index (κ2) is 7.29. The Hall–Kier alpha value is -1.55. The fourth-order valence-corrected chi connectivity index (χ4v) is 1.65. The zero-order valence-electron chi connectivity index (χ0n) is 12.1. The maximum Gasteiger partial charge on any atom is 0.410 e. The van der Waals surface area contributed by atoms with Gasteiger partial charge in [-0.3, -0.25) is 9.69 Å². The number of halogens is 1. The van der Waals surface area contributed by atoms with Gasteiger partial charge in [-0.1, -0.05) is 30.3 Å². The first-order chi connectivity index (χ1) is 9.31. The maximum atomic E-state index is 12.1. The van der Waals surface area contributed by atoms with Crippen molar-refractivity contribution in [2.45, 2.75) is 32.9 Å². The van der Waals surface area contributed by atoms with Gasteiger partial charge < -0.3 is 4.74 Å². The maximum absolute atomic E-state index is 12.1. The zero-order chi connectivity index (χ0) is 15.2. The van der Waals surface area contributed by atoms with Gasteiger partial charge >= 0.3 is 6.09 Å². The van der Waals surface area contributed by atoms with Crippen molar-refractivity contribution in [1.82, 2.24) is 4.90 Å². The van der Waals surface area contributed by atoms with E-state index >= 15 is 0 Å². The van der Waals surface area contributed by atoms with Gasteiger partial charge in [-0.25, -0.2) is 4.79 Å². The molecule has 0 heterocycles. The third kappa shape index (κ3) is 6.06. The van der Waals surface area contributed by atoms with E-state index in [1.807, 2.05) is 30.3 Å². The Kier molecular flexibility index (Phi) is 6.02. The first-order valence-corrected chi connectivity index (χ1v) is 6.95. The average molecular weight is 298 g/mol. The Morgan fingerprint density at radius 1 is 1.20 bits per heavy atom. The Morgan fingerprint density at radius 3 is 2.30 bits per heavy atom. The normalized spacial score (nSPS) is 11.0. The van der Waals surface area contributed by atoms with E-state index in [0.29, 0.717) is 6.54 Å². The van der Waals surface area contributed by atoms with Gasteiger partial charge in [0.15, 0.2) is 5.78 Å². The van der Waals surface area contributed by atoms with Gasteiger partial charge in [0, 0.05) is 6.54 Å². The third-order valence-electron chi connectivity index (χ3n) is 2.38. The summed E-state index contributed by atoms with van der Waals surface area (Å²) in [6.07, 6.45) is -0.514. The fraction of sp³-hybridized carbons (Fsp3) is 0.467. The lowest BCUT2D eigenvalue weighted by Gasteiger charge is -2.27. The molecule has 1 aromatic carbocycles. The summed E-state index contributed by atoms with van der Waals surface area (Å²) in [4.78, 5) is 25.0. The van der Waals surface area contributed by atoms with Gasteiger partial charge in [0.1, 0.15) is 5.60 Å². The van der Waals surface area contributed by atoms with E-state index in [0.717, 1.165) is 5.56 Å². The van der Waals surface area contributed by atoms with Gasteiger partial charge in [-0.2, -0.15) is 0 Å². The minimum absolute atomic E-state index is 0.0483. The topological polar surface area (TPSA) is 46.6 Å². The molecule has 110 valence electrons. The van der Waals surface area contributed by atoms with Gasteiger partial charge in [-0.05, 0) is 26.3 Å². The summed E-state index contributed by atoms with van der Waals surface area (Å²) in [6.45, 7) is 5.63. The number of nitrogens with zero attached hydrogens (tertiary/aromatic N) is 1. The fourth-order valence-electron chi connectivity index (χ4n) is 1.57. The summed E-state index contributed by atoms with van der Waals surface area (Å²) in [5.41, 5.74) is 0.330. The Morgan fingerprint density at radius 2 is 1.80 bits per heavy atom. The van der Waals surface area contributed by atoms with Crippen LogP contribution in [0.25, 0.3) is 0 Å². The summed E-state index contributed by atoms with van der Waals surface area (Å²) in [6, 6.07) is 9.44. The van der Waals surface area contributed by atoms with Gasteiger partial charge in [0.05, 0.1) is 12.4 Å². The van der Waals surface area contributed by atoms with Crippen LogP contribution in [0.1, 0.15) is 26.3 Å². The first kappa shape index (κ1) is 16.5. The molecular weight excluding hydrogens is 278 g/mol. The number of carbonyl (C=O) groups is 2. The van der Waals surface area contributed by atoms with E-state index in [-0.39, 0.29) is 18.2 Å². The van der Waals surface area contributed by atoms with Gasteiger partial charge in [0.25, 0.3) is 0 Å². The molecule has 0 unspecified atom stereocenters. The van der Waals surface area contributed by atoms with Crippen LogP contribution in [0, 0.1) is 0 Å². The molecule has 0 aliphatic carbocycles.